The normalized spacial score (nSPS) is 16.5. The van der Waals surface area contributed by atoms with Crippen molar-refractivity contribution in [2.75, 3.05) is 33.3 Å². The average Bonchev–Trinajstić information content (AvgIpc) is 2.48. The van der Waals surface area contributed by atoms with Crippen molar-refractivity contribution in [2.24, 2.45) is 5.92 Å². The first-order chi connectivity index (χ1) is 10.5. The second-order valence-electron chi connectivity index (χ2n) is 5.75. The minimum atomic E-state index is -0.0882. The fourth-order valence-electron chi connectivity index (χ4n) is 2.55. The van der Waals surface area contributed by atoms with Gasteiger partial charge in [-0.25, -0.2) is 0 Å². The van der Waals surface area contributed by atoms with Crippen molar-refractivity contribution in [3.63, 3.8) is 0 Å². The number of nitrogens with one attached hydrogen (secondary N) is 1. The van der Waals surface area contributed by atoms with Crippen molar-refractivity contribution in [2.45, 2.75) is 19.3 Å². The zero-order chi connectivity index (χ0) is 15.9. The monoisotopic (exact) mass is 388 g/mol. The van der Waals surface area contributed by atoms with Gasteiger partial charge < -0.3 is 15.0 Å². The van der Waals surface area contributed by atoms with Crippen molar-refractivity contribution in [1.29, 1.82) is 0 Å². The maximum absolute atomic E-state index is 11.8. The molecule has 1 aromatic carbocycles. The second kappa shape index (κ2) is 8.75. The van der Waals surface area contributed by atoms with Gasteiger partial charge in [0.15, 0.2) is 6.61 Å². The summed E-state index contributed by atoms with van der Waals surface area (Å²) < 4.78 is 6.24. The van der Waals surface area contributed by atoms with Crippen LogP contribution in [0.2, 0.25) is 5.02 Å². The van der Waals surface area contributed by atoms with Crippen LogP contribution in [-0.2, 0) is 4.79 Å². The first-order valence-corrected chi connectivity index (χ1v) is 8.75. The summed E-state index contributed by atoms with van der Waals surface area (Å²) in [7, 11) is 2.16. The molecule has 0 unspecified atom stereocenters. The summed E-state index contributed by atoms with van der Waals surface area (Å²) in [6.07, 6.45) is 3.49. The predicted molar refractivity (Wildman–Crippen MR) is 92.5 cm³/mol. The lowest BCUT2D eigenvalue weighted by Crippen LogP contribution is -2.34. The fraction of sp³-hybridized carbons (Fsp3) is 0.562. The number of amides is 1. The molecule has 0 bridgehead atoms. The molecule has 22 heavy (non-hydrogen) atoms. The molecule has 1 fully saturated rings. The van der Waals surface area contributed by atoms with Gasteiger partial charge in [0.1, 0.15) is 5.75 Å². The molecule has 1 aliphatic rings. The molecule has 1 N–H and O–H groups in total. The number of benzene rings is 1. The quantitative estimate of drug-likeness (QED) is 0.811. The minimum Gasteiger partial charge on any atom is -0.483 e. The maximum Gasteiger partial charge on any atom is 0.257 e. The average molecular weight is 390 g/mol. The lowest BCUT2D eigenvalue weighted by atomic mass is 9.94. The SMILES string of the molecule is CN1CCC(CCNC(=O)COc2ccc(Cl)cc2Br)CC1. The zero-order valence-electron chi connectivity index (χ0n) is 12.8. The highest BCUT2D eigenvalue weighted by atomic mass is 79.9. The Bertz CT molecular complexity index is 505. The van der Waals surface area contributed by atoms with Gasteiger partial charge in [-0.15, -0.1) is 0 Å². The third-order valence-electron chi connectivity index (χ3n) is 3.97. The first kappa shape index (κ1) is 17.6. The number of hydrogen-bond acceptors (Lipinski definition) is 3. The molecule has 0 radical (unpaired) electrons. The zero-order valence-corrected chi connectivity index (χ0v) is 15.1. The van der Waals surface area contributed by atoms with Crippen LogP contribution in [0.3, 0.4) is 0 Å². The van der Waals surface area contributed by atoms with E-state index in [-0.39, 0.29) is 12.5 Å². The third kappa shape index (κ3) is 5.78. The van der Waals surface area contributed by atoms with Crippen LogP contribution in [0.5, 0.6) is 5.75 Å². The van der Waals surface area contributed by atoms with Crippen LogP contribution in [0.25, 0.3) is 0 Å². The van der Waals surface area contributed by atoms with Crippen molar-refractivity contribution < 1.29 is 9.53 Å². The Morgan fingerprint density at radius 2 is 2.18 bits per heavy atom. The molecule has 1 aromatic rings. The number of rotatable bonds is 6. The van der Waals surface area contributed by atoms with Gasteiger partial charge in [-0.05, 0) is 79.4 Å². The molecular weight excluding hydrogens is 368 g/mol. The molecule has 0 aliphatic carbocycles. The molecule has 4 nitrogen and oxygen atoms in total. The summed E-state index contributed by atoms with van der Waals surface area (Å²) in [6.45, 7) is 3.06. The summed E-state index contributed by atoms with van der Waals surface area (Å²) in [5, 5.41) is 3.55. The standard InChI is InChI=1S/C16H22BrClN2O2/c1-20-8-5-12(6-9-20)4-7-19-16(21)11-22-15-3-2-13(18)10-14(15)17/h2-3,10,12H,4-9,11H2,1H3,(H,19,21). The molecule has 0 spiro atoms. The van der Waals surface area contributed by atoms with Crippen molar-refractivity contribution in [3.05, 3.63) is 27.7 Å². The molecular formula is C16H22BrClN2O2. The molecule has 6 heteroatoms. The summed E-state index contributed by atoms with van der Waals surface area (Å²) >= 11 is 9.22. The molecule has 0 atom stereocenters. The minimum absolute atomic E-state index is 0.0215. The third-order valence-corrected chi connectivity index (χ3v) is 4.82. The van der Waals surface area contributed by atoms with Gasteiger partial charge in [0, 0.05) is 11.6 Å². The van der Waals surface area contributed by atoms with Gasteiger partial charge in [-0.2, -0.15) is 0 Å². The van der Waals surface area contributed by atoms with Crippen LogP contribution in [0.1, 0.15) is 19.3 Å². The van der Waals surface area contributed by atoms with E-state index in [1.165, 1.54) is 12.8 Å². The molecule has 1 amide bonds. The Hall–Kier alpha value is -0.780. The largest absolute Gasteiger partial charge is 0.483 e. The van der Waals surface area contributed by atoms with Gasteiger partial charge in [0.05, 0.1) is 4.47 Å². The lowest BCUT2D eigenvalue weighted by molar-refractivity contribution is -0.123. The number of ether oxygens (including phenoxy) is 1. The Morgan fingerprint density at radius 3 is 2.86 bits per heavy atom. The topological polar surface area (TPSA) is 41.6 Å². The Balaban J connectivity index is 1.63. The maximum atomic E-state index is 11.8. The highest BCUT2D eigenvalue weighted by molar-refractivity contribution is 9.10. The van der Waals surface area contributed by atoms with Crippen LogP contribution in [-0.4, -0.2) is 44.1 Å². The summed E-state index contributed by atoms with van der Waals surface area (Å²) in [5.41, 5.74) is 0. The number of piperidine rings is 1. The Kier molecular flexibility index (Phi) is 6.99. The highest BCUT2D eigenvalue weighted by Gasteiger charge is 2.16. The first-order valence-electron chi connectivity index (χ1n) is 7.57. The molecule has 2 rings (SSSR count). The van der Waals surface area contributed by atoms with Crippen LogP contribution in [0.4, 0.5) is 0 Å². The van der Waals surface area contributed by atoms with Crippen molar-refractivity contribution in [3.8, 4) is 5.75 Å². The Morgan fingerprint density at radius 1 is 1.45 bits per heavy atom. The number of carbonyl (C=O) groups is 1. The van der Waals surface area contributed by atoms with E-state index < -0.39 is 0 Å². The van der Waals surface area contributed by atoms with Gasteiger partial charge in [0.2, 0.25) is 0 Å². The molecule has 1 heterocycles. The van der Waals surface area contributed by atoms with Gasteiger partial charge >= 0.3 is 0 Å². The summed E-state index contributed by atoms with van der Waals surface area (Å²) in [6, 6.07) is 5.23. The van der Waals surface area contributed by atoms with Crippen LogP contribution >= 0.6 is 27.5 Å². The van der Waals surface area contributed by atoms with Gasteiger partial charge in [-0.1, -0.05) is 11.6 Å². The number of hydrogen-bond donors (Lipinski definition) is 1. The Labute approximate surface area is 145 Å². The van der Waals surface area contributed by atoms with Crippen LogP contribution < -0.4 is 10.1 Å². The van der Waals surface area contributed by atoms with Crippen molar-refractivity contribution in [1.82, 2.24) is 10.2 Å². The fourth-order valence-corrected chi connectivity index (χ4v) is 3.35. The van der Waals surface area contributed by atoms with E-state index >= 15 is 0 Å². The van der Waals surface area contributed by atoms with Gasteiger partial charge in [0.25, 0.3) is 5.91 Å². The number of nitrogens with zero attached hydrogens (tertiary/aromatic N) is 1. The van der Waals surface area contributed by atoms with E-state index in [4.69, 9.17) is 16.3 Å². The lowest BCUT2D eigenvalue weighted by Gasteiger charge is -2.28. The molecule has 1 saturated heterocycles. The van der Waals surface area contributed by atoms with E-state index in [1.807, 2.05) is 0 Å². The molecule has 122 valence electrons. The number of halogens is 2. The summed E-state index contributed by atoms with van der Waals surface area (Å²) in [5.74, 6) is 1.26. The van der Waals surface area contributed by atoms with Crippen molar-refractivity contribution >= 4 is 33.4 Å². The molecule has 0 saturated carbocycles. The number of likely N-dealkylation sites (tertiary alicyclic amines) is 1. The smallest absolute Gasteiger partial charge is 0.257 e. The van der Waals surface area contributed by atoms with E-state index in [0.29, 0.717) is 10.8 Å². The van der Waals surface area contributed by atoms with Gasteiger partial charge in [-0.3, -0.25) is 4.79 Å². The van der Waals surface area contributed by atoms with Crippen LogP contribution in [0.15, 0.2) is 22.7 Å². The van der Waals surface area contributed by atoms with Crippen LogP contribution in [0, 0.1) is 5.92 Å². The predicted octanol–water partition coefficient (Wildman–Crippen LogP) is 3.33. The second-order valence-corrected chi connectivity index (χ2v) is 7.04. The molecule has 0 aromatic heterocycles. The number of carbonyl (C=O) groups excluding carboxylic acids is 1. The van der Waals surface area contributed by atoms with E-state index in [2.05, 4.69) is 33.2 Å². The van der Waals surface area contributed by atoms with E-state index in [1.54, 1.807) is 18.2 Å². The summed E-state index contributed by atoms with van der Waals surface area (Å²) in [4.78, 5) is 14.2. The highest BCUT2D eigenvalue weighted by Crippen LogP contribution is 2.27. The van der Waals surface area contributed by atoms with E-state index in [9.17, 15) is 4.79 Å². The van der Waals surface area contributed by atoms with E-state index in [0.717, 1.165) is 36.4 Å². The molecule has 1 aliphatic heterocycles.